The van der Waals surface area contributed by atoms with Gasteiger partial charge in [0.1, 0.15) is 5.03 Å². The quantitative estimate of drug-likeness (QED) is 0.795. The molecule has 0 radical (unpaired) electrons. The lowest BCUT2D eigenvalue weighted by atomic mass is 10.2. The van der Waals surface area contributed by atoms with E-state index in [2.05, 4.69) is 17.3 Å². The molecule has 2 rings (SSSR count). The third kappa shape index (κ3) is 1.55. The fraction of sp³-hybridized carbons (Fsp3) is 0.600. The molecule has 0 spiro atoms. The van der Waals surface area contributed by atoms with Gasteiger partial charge in [0.15, 0.2) is 0 Å². The lowest BCUT2D eigenvalue weighted by Crippen LogP contribution is -2.37. The number of amides is 1. The Morgan fingerprint density at radius 2 is 2.20 bits per heavy atom. The summed E-state index contributed by atoms with van der Waals surface area (Å²) >= 11 is 1.58. The van der Waals surface area contributed by atoms with Gasteiger partial charge in [0, 0.05) is 6.54 Å². The maximum atomic E-state index is 11.8. The Morgan fingerprint density at radius 1 is 1.53 bits per heavy atom. The Bertz CT molecular complexity index is 423. The van der Waals surface area contributed by atoms with Crippen molar-refractivity contribution in [3.63, 3.8) is 0 Å². The summed E-state index contributed by atoms with van der Waals surface area (Å²) in [6, 6.07) is 0. The molecular formula is C10H15N3OS. The van der Waals surface area contributed by atoms with Crippen molar-refractivity contribution >= 4 is 23.4 Å². The molecule has 0 saturated carbocycles. The average Bonchev–Trinajstić information content (AvgIpc) is 2.44. The van der Waals surface area contributed by atoms with E-state index in [1.54, 1.807) is 11.8 Å². The summed E-state index contributed by atoms with van der Waals surface area (Å²) in [5.74, 6) is 0.0544. The second-order valence-corrected chi connectivity index (χ2v) is 5.76. The maximum absolute atomic E-state index is 11.8. The summed E-state index contributed by atoms with van der Waals surface area (Å²) < 4.78 is 1.53. The standard InChI is InChI=1S/C10H15N3OS/c1-5-13-8-7(6(2)12-13)11-9(14)10(3,4)15-8/h5H2,1-4H3,(H,11,14). The van der Waals surface area contributed by atoms with E-state index in [1.807, 2.05) is 25.5 Å². The SMILES string of the molecule is CCn1nc(C)c2c1SC(C)(C)C(=O)N2. The van der Waals surface area contributed by atoms with Crippen molar-refractivity contribution in [3.05, 3.63) is 5.69 Å². The van der Waals surface area contributed by atoms with E-state index in [9.17, 15) is 4.79 Å². The van der Waals surface area contributed by atoms with Crippen molar-refractivity contribution in [1.82, 2.24) is 9.78 Å². The zero-order valence-corrected chi connectivity index (χ0v) is 10.2. The molecule has 1 amide bonds. The van der Waals surface area contributed by atoms with Crippen LogP contribution in [0.1, 0.15) is 26.5 Å². The van der Waals surface area contributed by atoms with Crippen molar-refractivity contribution < 1.29 is 4.79 Å². The molecule has 15 heavy (non-hydrogen) atoms. The summed E-state index contributed by atoms with van der Waals surface area (Å²) in [7, 11) is 0. The summed E-state index contributed by atoms with van der Waals surface area (Å²) in [6.45, 7) is 8.66. The summed E-state index contributed by atoms with van der Waals surface area (Å²) in [4.78, 5) is 11.8. The molecule has 2 heterocycles. The third-order valence-corrected chi connectivity index (χ3v) is 3.82. The lowest BCUT2D eigenvalue weighted by molar-refractivity contribution is -0.117. The minimum absolute atomic E-state index is 0.0544. The summed E-state index contributed by atoms with van der Waals surface area (Å²) in [6.07, 6.45) is 0. The van der Waals surface area contributed by atoms with Crippen LogP contribution in [-0.2, 0) is 11.3 Å². The Labute approximate surface area is 93.4 Å². The van der Waals surface area contributed by atoms with Gasteiger partial charge in [-0.15, -0.1) is 0 Å². The predicted octanol–water partition coefficient (Wildman–Crippen LogP) is 2.03. The number of anilines is 1. The van der Waals surface area contributed by atoms with E-state index < -0.39 is 4.75 Å². The molecule has 1 N–H and O–H groups in total. The number of thioether (sulfide) groups is 1. The van der Waals surface area contributed by atoms with Crippen molar-refractivity contribution in [2.75, 3.05) is 5.32 Å². The topological polar surface area (TPSA) is 46.9 Å². The number of carbonyl (C=O) groups is 1. The fourth-order valence-electron chi connectivity index (χ4n) is 1.57. The molecule has 82 valence electrons. The fourth-order valence-corrected chi connectivity index (χ4v) is 2.78. The van der Waals surface area contributed by atoms with Gasteiger partial charge in [0.2, 0.25) is 5.91 Å². The van der Waals surface area contributed by atoms with Crippen molar-refractivity contribution in [1.29, 1.82) is 0 Å². The largest absolute Gasteiger partial charge is 0.321 e. The molecule has 1 aromatic heterocycles. The number of aryl methyl sites for hydroxylation is 2. The molecule has 0 saturated heterocycles. The number of hydrogen-bond acceptors (Lipinski definition) is 3. The maximum Gasteiger partial charge on any atom is 0.240 e. The van der Waals surface area contributed by atoms with E-state index in [-0.39, 0.29) is 5.91 Å². The molecule has 5 heteroatoms. The zero-order valence-electron chi connectivity index (χ0n) is 9.42. The van der Waals surface area contributed by atoms with Crippen LogP contribution in [0, 0.1) is 6.92 Å². The third-order valence-electron chi connectivity index (χ3n) is 2.52. The van der Waals surface area contributed by atoms with Gasteiger partial charge in [-0.25, -0.2) is 0 Å². The zero-order chi connectivity index (χ0) is 11.2. The van der Waals surface area contributed by atoms with E-state index in [1.165, 1.54) is 0 Å². The average molecular weight is 225 g/mol. The van der Waals surface area contributed by atoms with E-state index in [4.69, 9.17) is 0 Å². The van der Waals surface area contributed by atoms with Gasteiger partial charge in [-0.1, -0.05) is 11.8 Å². The molecule has 1 aromatic rings. The highest BCUT2D eigenvalue weighted by Gasteiger charge is 2.37. The highest BCUT2D eigenvalue weighted by Crippen LogP contribution is 2.43. The number of nitrogens with zero attached hydrogens (tertiary/aromatic N) is 2. The first kappa shape index (κ1) is 10.5. The van der Waals surface area contributed by atoms with Crippen LogP contribution < -0.4 is 5.32 Å². The van der Waals surface area contributed by atoms with Crippen molar-refractivity contribution in [3.8, 4) is 0 Å². The molecule has 1 aliphatic rings. The van der Waals surface area contributed by atoms with Gasteiger partial charge in [0.25, 0.3) is 0 Å². The van der Waals surface area contributed by atoms with Gasteiger partial charge in [0.05, 0.1) is 16.1 Å². The molecular weight excluding hydrogens is 210 g/mol. The Hall–Kier alpha value is -0.970. The molecule has 4 nitrogen and oxygen atoms in total. The van der Waals surface area contributed by atoms with Crippen molar-refractivity contribution in [2.24, 2.45) is 0 Å². The number of hydrogen-bond donors (Lipinski definition) is 1. The number of nitrogens with one attached hydrogen (secondary N) is 1. The molecule has 0 atom stereocenters. The van der Waals surface area contributed by atoms with Crippen LogP contribution in [0.4, 0.5) is 5.69 Å². The molecule has 0 fully saturated rings. The van der Waals surface area contributed by atoms with Gasteiger partial charge in [-0.3, -0.25) is 9.48 Å². The predicted molar refractivity (Wildman–Crippen MR) is 61.2 cm³/mol. The molecule has 0 unspecified atom stereocenters. The van der Waals surface area contributed by atoms with Crippen LogP contribution in [0.2, 0.25) is 0 Å². The lowest BCUT2D eigenvalue weighted by Gasteiger charge is -2.28. The second-order valence-electron chi connectivity index (χ2n) is 4.15. The number of carbonyl (C=O) groups excluding carboxylic acids is 1. The number of fused-ring (bicyclic) bond motifs is 1. The highest BCUT2D eigenvalue weighted by atomic mass is 32.2. The Kier molecular flexibility index (Phi) is 2.30. The van der Waals surface area contributed by atoms with Gasteiger partial charge < -0.3 is 5.32 Å². The van der Waals surface area contributed by atoms with Crippen LogP contribution >= 0.6 is 11.8 Å². The normalized spacial score (nSPS) is 18.5. The molecule has 0 bridgehead atoms. The minimum atomic E-state index is -0.410. The van der Waals surface area contributed by atoms with Crippen molar-refractivity contribution in [2.45, 2.75) is 44.0 Å². The number of rotatable bonds is 1. The first-order chi connectivity index (χ1) is 6.95. The highest BCUT2D eigenvalue weighted by molar-refractivity contribution is 8.01. The van der Waals surface area contributed by atoms with Crippen LogP contribution in [0.15, 0.2) is 5.03 Å². The molecule has 0 aromatic carbocycles. The molecule has 0 aliphatic carbocycles. The van der Waals surface area contributed by atoms with Gasteiger partial charge in [-0.05, 0) is 27.7 Å². The van der Waals surface area contributed by atoms with Crippen LogP contribution in [0.3, 0.4) is 0 Å². The monoisotopic (exact) mass is 225 g/mol. The van der Waals surface area contributed by atoms with E-state index >= 15 is 0 Å². The summed E-state index contributed by atoms with van der Waals surface area (Å²) in [5.41, 5.74) is 1.77. The Morgan fingerprint density at radius 3 is 2.80 bits per heavy atom. The first-order valence-corrected chi connectivity index (χ1v) is 5.85. The van der Waals surface area contributed by atoms with Gasteiger partial charge >= 0.3 is 0 Å². The first-order valence-electron chi connectivity index (χ1n) is 5.03. The second kappa shape index (κ2) is 3.27. The van der Waals surface area contributed by atoms with E-state index in [0.717, 1.165) is 23.0 Å². The van der Waals surface area contributed by atoms with Crippen LogP contribution in [0.5, 0.6) is 0 Å². The minimum Gasteiger partial charge on any atom is -0.321 e. The summed E-state index contributed by atoms with van der Waals surface area (Å²) in [5, 5.41) is 8.39. The van der Waals surface area contributed by atoms with Gasteiger partial charge in [-0.2, -0.15) is 5.10 Å². The number of aromatic nitrogens is 2. The van der Waals surface area contributed by atoms with Crippen LogP contribution in [0.25, 0.3) is 0 Å². The van der Waals surface area contributed by atoms with E-state index in [0.29, 0.717) is 0 Å². The molecule has 1 aliphatic heterocycles. The Balaban J connectivity index is 2.51. The smallest absolute Gasteiger partial charge is 0.240 e. The van der Waals surface area contributed by atoms with Crippen LogP contribution in [-0.4, -0.2) is 20.4 Å².